The van der Waals surface area contributed by atoms with Crippen LogP contribution < -0.4 is 10.1 Å². The van der Waals surface area contributed by atoms with Gasteiger partial charge in [-0.3, -0.25) is 4.90 Å². The molecule has 3 heterocycles. The van der Waals surface area contributed by atoms with Crippen molar-refractivity contribution >= 4 is 0 Å². The largest absolute Gasteiger partial charge is 0.494 e. The Morgan fingerprint density at radius 3 is 2.56 bits per heavy atom. The predicted molar refractivity (Wildman–Crippen MR) is 112 cm³/mol. The summed E-state index contributed by atoms with van der Waals surface area (Å²) in [4.78, 5) is 2.77. The van der Waals surface area contributed by atoms with Gasteiger partial charge in [-0.25, -0.2) is 0 Å². The molecule has 150 valence electrons. The number of hydrogen-bond donors (Lipinski definition) is 1. The summed E-state index contributed by atoms with van der Waals surface area (Å²) in [5, 5.41) is 3.46. The zero-order chi connectivity index (χ0) is 18.3. The lowest BCUT2D eigenvalue weighted by atomic mass is 9.92. The zero-order valence-corrected chi connectivity index (χ0v) is 17.0. The van der Waals surface area contributed by atoms with E-state index in [1.165, 1.54) is 95.8 Å². The zero-order valence-electron chi connectivity index (χ0n) is 17.0. The third-order valence-corrected chi connectivity index (χ3v) is 7.09. The summed E-state index contributed by atoms with van der Waals surface area (Å²) < 4.78 is 6.00. The molecule has 1 N–H and O–H groups in total. The van der Waals surface area contributed by atoms with Gasteiger partial charge in [0.2, 0.25) is 0 Å². The monoisotopic (exact) mass is 370 g/mol. The first-order valence-electron chi connectivity index (χ1n) is 11.6. The molecular formula is C24H38N2O. The topological polar surface area (TPSA) is 24.5 Å². The van der Waals surface area contributed by atoms with Gasteiger partial charge in [0.05, 0.1) is 6.61 Å². The highest BCUT2D eigenvalue weighted by Gasteiger charge is 2.34. The minimum Gasteiger partial charge on any atom is -0.494 e. The summed E-state index contributed by atoms with van der Waals surface area (Å²) in [6, 6.07) is 10.5. The molecule has 0 saturated carbocycles. The Morgan fingerprint density at radius 1 is 0.889 bits per heavy atom. The summed E-state index contributed by atoms with van der Waals surface area (Å²) in [7, 11) is 0. The van der Waals surface area contributed by atoms with Gasteiger partial charge in [0, 0.05) is 12.1 Å². The SMILES string of the molecule is c1cc(C2CCCC3CCCN32)ccc1OCCCCCC1CCNCC1. The first-order valence-corrected chi connectivity index (χ1v) is 11.6. The van der Waals surface area contributed by atoms with Crippen molar-refractivity contribution in [3.63, 3.8) is 0 Å². The lowest BCUT2D eigenvalue weighted by Crippen LogP contribution is -2.37. The Bertz CT molecular complexity index is 552. The van der Waals surface area contributed by atoms with E-state index >= 15 is 0 Å². The molecule has 2 unspecified atom stereocenters. The molecule has 0 aliphatic carbocycles. The van der Waals surface area contributed by atoms with Crippen LogP contribution >= 0.6 is 0 Å². The summed E-state index contributed by atoms with van der Waals surface area (Å²) in [6.45, 7) is 4.61. The molecule has 0 bridgehead atoms. The highest BCUT2D eigenvalue weighted by atomic mass is 16.5. The normalized spacial score (nSPS) is 26.8. The highest BCUT2D eigenvalue weighted by molar-refractivity contribution is 5.29. The fraction of sp³-hybridized carbons (Fsp3) is 0.750. The fourth-order valence-electron chi connectivity index (χ4n) is 5.51. The predicted octanol–water partition coefficient (Wildman–Crippen LogP) is 5.31. The van der Waals surface area contributed by atoms with Crippen molar-refractivity contribution in [1.29, 1.82) is 0 Å². The number of benzene rings is 1. The van der Waals surface area contributed by atoms with Gasteiger partial charge in [0.25, 0.3) is 0 Å². The Morgan fingerprint density at radius 2 is 1.70 bits per heavy atom. The number of rotatable bonds is 8. The van der Waals surface area contributed by atoms with Gasteiger partial charge in [0.1, 0.15) is 5.75 Å². The number of nitrogens with one attached hydrogen (secondary N) is 1. The fourth-order valence-corrected chi connectivity index (χ4v) is 5.51. The number of fused-ring (bicyclic) bond motifs is 1. The Hall–Kier alpha value is -1.06. The van der Waals surface area contributed by atoms with E-state index in [-0.39, 0.29) is 0 Å². The summed E-state index contributed by atoms with van der Waals surface area (Å²) in [5.41, 5.74) is 1.50. The third kappa shape index (κ3) is 5.26. The molecule has 3 fully saturated rings. The van der Waals surface area contributed by atoms with Crippen LogP contribution in [0.3, 0.4) is 0 Å². The summed E-state index contributed by atoms with van der Waals surface area (Å²) in [6.07, 6.45) is 15.0. The molecule has 27 heavy (non-hydrogen) atoms. The molecule has 1 aromatic carbocycles. The Labute approximate surface area is 165 Å². The van der Waals surface area contributed by atoms with Crippen LogP contribution in [-0.4, -0.2) is 37.2 Å². The molecule has 3 saturated heterocycles. The highest BCUT2D eigenvalue weighted by Crippen LogP contribution is 2.39. The number of ether oxygens (including phenoxy) is 1. The van der Waals surface area contributed by atoms with Gasteiger partial charge in [0.15, 0.2) is 0 Å². The number of nitrogens with zero attached hydrogens (tertiary/aromatic N) is 1. The van der Waals surface area contributed by atoms with Gasteiger partial charge in [-0.2, -0.15) is 0 Å². The second-order valence-corrected chi connectivity index (χ2v) is 8.94. The van der Waals surface area contributed by atoms with Crippen molar-refractivity contribution in [2.75, 3.05) is 26.2 Å². The van der Waals surface area contributed by atoms with E-state index in [1.807, 2.05) is 0 Å². The molecule has 4 rings (SSSR count). The van der Waals surface area contributed by atoms with Crippen LogP contribution in [0.1, 0.15) is 82.2 Å². The second kappa shape index (κ2) is 9.93. The van der Waals surface area contributed by atoms with Crippen LogP contribution in [0.15, 0.2) is 24.3 Å². The molecule has 0 amide bonds. The van der Waals surface area contributed by atoms with Crippen LogP contribution in [0.25, 0.3) is 0 Å². The van der Waals surface area contributed by atoms with Gasteiger partial charge in [-0.05, 0) is 94.6 Å². The van der Waals surface area contributed by atoms with Crippen LogP contribution in [0, 0.1) is 5.92 Å². The lowest BCUT2D eigenvalue weighted by molar-refractivity contribution is 0.123. The molecule has 3 heteroatoms. The van der Waals surface area contributed by atoms with Crippen LogP contribution in [-0.2, 0) is 0 Å². The van der Waals surface area contributed by atoms with Crippen molar-refractivity contribution in [2.24, 2.45) is 5.92 Å². The van der Waals surface area contributed by atoms with Crippen molar-refractivity contribution in [1.82, 2.24) is 10.2 Å². The average molecular weight is 371 g/mol. The number of hydrogen-bond acceptors (Lipinski definition) is 3. The second-order valence-electron chi connectivity index (χ2n) is 8.94. The molecule has 2 atom stereocenters. The third-order valence-electron chi connectivity index (χ3n) is 7.09. The maximum Gasteiger partial charge on any atom is 0.119 e. The number of unbranched alkanes of at least 4 members (excludes halogenated alkanes) is 2. The van der Waals surface area contributed by atoms with Crippen LogP contribution in [0.2, 0.25) is 0 Å². The van der Waals surface area contributed by atoms with Crippen molar-refractivity contribution in [3.8, 4) is 5.75 Å². The van der Waals surface area contributed by atoms with Crippen molar-refractivity contribution < 1.29 is 4.74 Å². The standard InChI is InChI=1S/C24H38N2O/c1(2-6-20-14-16-25-17-15-20)3-19-27-23-12-10-21(11-13-23)24-9-4-7-22-8-5-18-26(22)24/h10-13,20,22,24-25H,1-9,14-19H2. The van der Waals surface area contributed by atoms with E-state index in [0.717, 1.165) is 24.3 Å². The van der Waals surface area contributed by atoms with E-state index < -0.39 is 0 Å². The minimum absolute atomic E-state index is 0.648. The van der Waals surface area contributed by atoms with Crippen LogP contribution in [0.4, 0.5) is 0 Å². The maximum atomic E-state index is 6.00. The molecule has 1 aromatic rings. The van der Waals surface area contributed by atoms with Gasteiger partial charge in [-0.1, -0.05) is 31.4 Å². The van der Waals surface area contributed by atoms with E-state index in [9.17, 15) is 0 Å². The van der Waals surface area contributed by atoms with Crippen molar-refractivity contribution in [2.45, 2.75) is 82.7 Å². The van der Waals surface area contributed by atoms with Crippen molar-refractivity contribution in [3.05, 3.63) is 29.8 Å². The van der Waals surface area contributed by atoms with Crippen LogP contribution in [0.5, 0.6) is 5.75 Å². The Balaban J connectivity index is 1.15. The van der Waals surface area contributed by atoms with E-state index in [4.69, 9.17) is 4.74 Å². The minimum atomic E-state index is 0.648. The first-order chi connectivity index (χ1) is 13.4. The molecule has 0 radical (unpaired) electrons. The molecule has 0 aromatic heterocycles. The van der Waals surface area contributed by atoms with Gasteiger partial charge < -0.3 is 10.1 Å². The molecule has 3 nitrogen and oxygen atoms in total. The van der Waals surface area contributed by atoms with E-state index in [1.54, 1.807) is 0 Å². The van der Waals surface area contributed by atoms with Gasteiger partial charge in [-0.15, -0.1) is 0 Å². The molecule has 3 aliphatic heterocycles. The quantitative estimate of drug-likeness (QED) is 0.627. The smallest absolute Gasteiger partial charge is 0.119 e. The maximum absolute atomic E-state index is 6.00. The Kier molecular flexibility index (Phi) is 7.09. The summed E-state index contributed by atoms with van der Waals surface area (Å²) in [5.74, 6) is 2.01. The van der Waals surface area contributed by atoms with E-state index in [0.29, 0.717) is 6.04 Å². The number of piperidine rings is 2. The lowest BCUT2D eigenvalue weighted by Gasteiger charge is -2.38. The summed E-state index contributed by atoms with van der Waals surface area (Å²) >= 11 is 0. The average Bonchev–Trinajstić information content (AvgIpc) is 3.21. The van der Waals surface area contributed by atoms with Gasteiger partial charge >= 0.3 is 0 Å². The molecule has 3 aliphatic rings. The van der Waals surface area contributed by atoms with E-state index in [2.05, 4.69) is 34.5 Å². The molecular weight excluding hydrogens is 332 g/mol. The first kappa shape index (κ1) is 19.3. The molecule has 0 spiro atoms.